The summed E-state index contributed by atoms with van der Waals surface area (Å²) in [7, 11) is 0. The fourth-order valence-corrected chi connectivity index (χ4v) is 4.99. The molecule has 1 aliphatic heterocycles. The number of rotatable bonds is 7. The van der Waals surface area contributed by atoms with E-state index in [0.29, 0.717) is 69.8 Å². The van der Waals surface area contributed by atoms with E-state index in [1.807, 2.05) is 4.90 Å². The second kappa shape index (κ2) is 12.5. The number of pyridine rings is 1. The highest BCUT2D eigenvalue weighted by atomic mass is 19.4. The molecule has 40 heavy (non-hydrogen) atoms. The van der Waals surface area contributed by atoms with Gasteiger partial charge in [0.2, 0.25) is 5.91 Å². The zero-order valence-corrected chi connectivity index (χ0v) is 21.6. The first-order chi connectivity index (χ1) is 18.9. The van der Waals surface area contributed by atoms with Gasteiger partial charge in [0.05, 0.1) is 22.9 Å². The maximum absolute atomic E-state index is 13.2. The first-order valence-corrected chi connectivity index (χ1v) is 13.0. The molecule has 2 aromatic rings. The second-order valence-electron chi connectivity index (χ2n) is 9.92. The van der Waals surface area contributed by atoms with Crippen molar-refractivity contribution in [1.82, 2.24) is 9.88 Å². The van der Waals surface area contributed by atoms with Crippen LogP contribution in [-0.2, 0) is 21.9 Å². The number of anilines is 3. The third-order valence-corrected chi connectivity index (χ3v) is 7.18. The molecular weight excluding hydrogens is 544 g/mol. The number of halogens is 6. The molecule has 1 saturated carbocycles. The lowest BCUT2D eigenvalue weighted by molar-refractivity contribution is -0.139. The molecular formula is C26H31F6N5O3. The number of benzene rings is 1. The average molecular weight is 576 g/mol. The number of alkyl halides is 6. The van der Waals surface area contributed by atoms with Gasteiger partial charge in [0.1, 0.15) is 12.4 Å². The molecule has 14 heteroatoms. The van der Waals surface area contributed by atoms with E-state index in [9.17, 15) is 31.1 Å². The Kier molecular flexibility index (Phi) is 9.29. The fraction of sp³-hybridized carbons (Fsp3) is 0.538. The zero-order chi connectivity index (χ0) is 28.9. The molecule has 2 heterocycles. The summed E-state index contributed by atoms with van der Waals surface area (Å²) in [6.45, 7) is 1.80. The van der Waals surface area contributed by atoms with Crippen molar-refractivity contribution in [3.8, 4) is 0 Å². The number of nitrogens with zero attached hydrogens (tertiary/aromatic N) is 3. The highest BCUT2D eigenvalue weighted by molar-refractivity contribution is 5.77. The zero-order valence-electron chi connectivity index (χ0n) is 21.6. The van der Waals surface area contributed by atoms with Gasteiger partial charge in [-0.1, -0.05) is 0 Å². The van der Waals surface area contributed by atoms with Gasteiger partial charge < -0.3 is 19.9 Å². The van der Waals surface area contributed by atoms with Crippen LogP contribution >= 0.6 is 0 Å². The van der Waals surface area contributed by atoms with Crippen LogP contribution in [0.4, 0.5) is 43.5 Å². The quantitative estimate of drug-likeness (QED) is 0.301. The summed E-state index contributed by atoms with van der Waals surface area (Å²) in [5.74, 6) is 0.263. The third-order valence-electron chi connectivity index (χ3n) is 7.18. The molecule has 1 saturated heterocycles. The highest BCUT2D eigenvalue weighted by Crippen LogP contribution is 2.37. The summed E-state index contributed by atoms with van der Waals surface area (Å²) in [4.78, 5) is 20.3. The average Bonchev–Trinajstić information content (AvgIpc) is 3.18. The number of nitrogens with one attached hydrogen (secondary N) is 2. The van der Waals surface area contributed by atoms with Crippen LogP contribution in [0.25, 0.3) is 0 Å². The van der Waals surface area contributed by atoms with E-state index in [2.05, 4.69) is 10.3 Å². The van der Waals surface area contributed by atoms with Crippen molar-refractivity contribution in [2.75, 3.05) is 48.5 Å². The monoisotopic (exact) mass is 575 g/mol. The fourth-order valence-electron chi connectivity index (χ4n) is 4.99. The van der Waals surface area contributed by atoms with Crippen molar-refractivity contribution in [3.05, 3.63) is 47.7 Å². The van der Waals surface area contributed by atoms with Crippen molar-refractivity contribution in [2.24, 2.45) is 0 Å². The number of aromatic nitrogens is 1. The van der Waals surface area contributed by atoms with Gasteiger partial charge in [-0.3, -0.25) is 15.5 Å². The molecule has 8 nitrogen and oxygen atoms in total. The predicted molar refractivity (Wildman–Crippen MR) is 135 cm³/mol. The Morgan fingerprint density at radius 2 is 1.73 bits per heavy atom. The van der Waals surface area contributed by atoms with Crippen LogP contribution in [0, 0.1) is 0 Å². The lowest BCUT2D eigenvalue weighted by Crippen LogP contribution is -2.39. The molecule has 2 aliphatic rings. The minimum absolute atomic E-state index is 0.0556. The van der Waals surface area contributed by atoms with Crippen LogP contribution in [0.1, 0.15) is 43.2 Å². The van der Waals surface area contributed by atoms with E-state index in [4.69, 9.17) is 9.94 Å². The van der Waals surface area contributed by atoms with Crippen molar-refractivity contribution in [1.29, 1.82) is 0 Å². The van der Waals surface area contributed by atoms with Crippen molar-refractivity contribution in [2.45, 2.75) is 56.6 Å². The maximum atomic E-state index is 13.2. The molecule has 220 valence electrons. The Hall–Kier alpha value is -3.26. The van der Waals surface area contributed by atoms with Gasteiger partial charge in [-0.15, -0.1) is 0 Å². The van der Waals surface area contributed by atoms with Crippen LogP contribution in [0.15, 0.2) is 36.5 Å². The van der Waals surface area contributed by atoms with E-state index >= 15 is 0 Å². The van der Waals surface area contributed by atoms with Crippen LogP contribution in [0.2, 0.25) is 0 Å². The molecule has 0 atom stereocenters. The Morgan fingerprint density at radius 1 is 0.975 bits per heavy atom. The number of ether oxygens (including phenoxy) is 1. The third kappa shape index (κ3) is 7.68. The number of carbonyl (C=O) groups excluding carboxylic acids is 1. The molecule has 3 N–H and O–H groups in total. The minimum atomic E-state index is -4.62. The molecule has 2 fully saturated rings. The van der Waals surface area contributed by atoms with Crippen LogP contribution < -0.4 is 15.7 Å². The summed E-state index contributed by atoms with van der Waals surface area (Å²) in [6.07, 6.45) is -5.18. The predicted octanol–water partition coefficient (Wildman–Crippen LogP) is 5.40. The molecule has 4 rings (SSSR count). The van der Waals surface area contributed by atoms with Crippen LogP contribution in [0.5, 0.6) is 0 Å². The molecule has 0 spiro atoms. The Bertz CT molecular complexity index is 1140. The molecule has 1 aliphatic carbocycles. The first kappa shape index (κ1) is 29.7. The molecule has 1 aromatic carbocycles. The van der Waals surface area contributed by atoms with Crippen LogP contribution in [0.3, 0.4) is 0 Å². The highest BCUT2D eigenvalue weighted by Gasteiger charge is 2.34. The van der Waals surface area contributed by atoms with Gasteiger partial charge in [-0.25, -0.2) is 4.98 Å². The van der Waals surface area contributed by atoms with Crippen molar-refractivity contribution in [3.63, 3.8) is 0 Å². The lowest BCUT2D eigenvalue weighted by Gasteiger charge is -2.30. The first-order valence-electron chi connectivity index (χ1n) is 13.0. The van der Waals surface area contributed by atoms with Gasteiger partial charge >= 0.3 is 12.4 Å². The normalized spacial score (nSPS) is 20.7. The topological polar surface area (TPSA) is 90.0 Å². The smallest absolute Gasteiger partial charge is 0.382 e. The van der Waals surface area contributed by atoms with Gasteiger partial charge in [-0.05, 0) is 62.4 Å². The van der Waals surface area contributed by atoms with Crippen molar-refractivity contribution >= 4 is 23.1 Å². The molecule has 0 unspecified atom stereocenters. The lowest BCUT2D eigenvalue weighted by atomic mass is 9.92. The molecule has 1 amide bonds. The number of hydrogen-bond donors (Lipinski definition) is 3. The van der Waals surface area contributed by atoms with E-state index in [0.717, 1.165) is 24.4 Å². The molecule has 1 aromatic heterocycles. The number of carbonyl (C=O) groups is 1. The summed E-state index contributed by atoms with van der Waals surface area (Å²) < 4.78 is 83.9. The SMILES string of the molecule is O=C(COC1CCC(Nc2ccc(NO)c(C(F)(F)F)c2)CC1)N1CCCN(c2ccc(C(F)(F)F)cn2)CC1. The van der Waals surface area contributed by atoms with Gasteiger partial charge in [0, 0.05) is 44.1 Å². The van der Waals surface area contributed by atoms with E-state index in [-0.39, 0.29) is 24.7 Å². The Labute approximate surface area is 227 Å². The van der Waals surface area contributed by atoms with Crippen LogP contribution in [-0.4, -0.2) is 65.9 Å². The van der Waals surface area contributed by atoms with E-state index in [1.54, 1.807) is 10.4 Å². The van der Waals surface area contributed by atoms with Crippen molar-refractivity contribution < 1.29 is 41.1 Å². The Balaban J connectivity index is 1.20. The summed E-state index contributed by atoms with van der Waals surface area (Å²) in [6, 6.07) is 5.86. The van der Waals surface area contributed by atoms with Gasteiger partial charge in [0.15, 0.2) is 0 Å². The van der Waals surface area contributed by atoms with Gasteiger partial charge in [0.25, 0.3) is 0 Å². The summed E-state index contributed by atoms with van der Waals surface area (Å²) >= 11 is 0. The largest absolute Gasteiger partial charge is 0.418 e. The van der Waals surface area contributed by atoms with E-state index in [1.165, 1.54) is 12.1 Å². The standard InChI is InChI=1S/C26H31F6N5O3/c27-25(28,29)17-2-9-23(33-15-17)36-10-1-11-37(13-12-36)24(38)16-40-20-6-3-18(4-7-20)34-19-5-8-22(35-39)21(14-19)26(30,31)32/h2,5,8-9,14-15,18,20,34-35,39H,1,3-4,6-7,10-13,16H2. The summed E-state index contributed by atoms with van der Waals surface area (Å²) in [5.41, 5.74) is -0.334. The van der Waals surface area contributed by atoms with E-state index < -0.39 is 29.2 Å². The summed E-state index contributed by atoms with van der Waals surface area (Å²) in [5, 5.41) is 12.1. The minimum Gasteiger partial charge on any atom is -0.382 e. The number of hydrogen-bond acceptors (Lipinski definition) is 7. The Morgan fingerprint density at radius 3 is 2.35 bits per heavy atom. The number of amides is 1. The maximum Gasteiger partial charge on any atom is 0.418 e. The molecule has 0 radical (unpaired) electrons. The van der Waals surface area contributed by atoms with Gasteiger partial charge in [-0.2, -0.15) is 26.3 Å². The molecule has 0 bridgehead atoms. The second-order valence-corrected chi connectivity index (χ2v) is 9.92.